The number of carbonyl (C=O) groups excluding carboxylic acids is 1. The van der Waals surface area contributed by atoms with Crippen molar-refractivity contribution in [1.82, 2.24) is 10.6 Å². The van der Waals surface area contributed by atoms with Gasteiger partial charge in [0.2, 0.25) is 5.91 Å². The summed E-state index contributed by atoms with van der Waals surface area (Å²) in [6.45, 7) is 3.81. The lowest BCUT2D eigenvalue weighted by Crippen LogP contribution is -2.49. The van der Waals surface area contributed by atoms with E-state index in [9.17, 15) is 14.9 Å². The second kappa shape index (κ2) is 5.79. The van der Waals surface area contributed by atoms with E-state index in [2.05, 4.69) is 10.6 Å². The van der Waals surface area contributed by atoms with Crippen molar-refractivity contribution >= 4 is 11.6 Å². The van der Waals surface area contributed by atoms with Gasteiger partial charge < -0.3 is 10.6 Å². The molecule has 1 aromatic carbocycles. The van der Waals surface area contributed by atoms with E-state index in [0.29, 0.717) is 11.5 Å². The highest BCUT2D eigenvalue weighted by Crippen LogP contribution is 2.19. The van der Waals surface area contributed by atoms with Gasteiger partial charge in [-0.25, -0.2) is 0 Å². The van der Waals surface area contributed by atoms with E-state index in [4.69, 9.17) is 0 Å². The molecule has 1 aromatic rings. The second-order valence-corrected chi connectivity index (χ2v) is 4.81. The first-order valence-electron chi connectivity index (χ1n) is 6.30. The number of hydrogen-bond donors (Lipinski definition) is 2. The number of hydrogen-bond acceptors (Lipinski definition) is 4. The van der Waals surface area contributed by atoms with Crippen LogP contribution in [0.5, 0.6) is 0 Å². The van der Waals surface area contributed by atoms with E-state index >= 15 is 0 Å². The first kappa shape index (κ1) is 13.5. The Kier molecular flexibility index (Phi) is 4.11. The Hall–Kier alpha value is -1.95. The lowest BCUT2D eigenvalue weighted by atomic mass is 9.88. The first-order valence-corrected chi connectivity index (χ1v) is 6.30. The van der Waals surface area contributed by atoms with Crippen molar-refractivity contribution in [2.75, 3.05) is 13.1 Å². The predicted octanol–water partition coefficient (Wildman–Crippen LogP) is 1.07. The Morgan fingerprint density at radius 2 is 2.21 bits per heavy atom. The maximum absolute atomic E-state index is 11.9. The zero-order chi connectivity index (χ0) is 13.8. The minimum atomic E-state index is -0.430. The number of para-hydroxylation sites is 1. The number of nitro benzene ring substituents is 1. The number of benzene rings is 1. The van der Waals surface area contributed by atoms with Gasteiger partial charge in [-0.05, 0) is 19.0 Å². The van der Waals surface area contributed by atoms with Gasteiger partial charge in [0.25, 0.3) is 5.69 Å². The number of amides is 1. The van der Waals surface area contributed by atoms with Gasteiger partial charge in [0.15, 0.2) is 0 Å². The molecule has 102 valence electrons. The van der Waals surface area contributed by atoms with Gasteiger partial charge in [0, 0.05) is 24.1 Å². The lowest BCUT2D eigenvalue weighted by Gasteiger charge is -2.31. The molecule has 1 atom stereocenters. The van der Waals surface area contributed by atoms with Crippen LogP contribution >= 0.6 is 0 Å². The molecule has 1 unspecified atom stereocenters. The van der Waals surface area contributed by atoms with Gasteiger partial charge in [0.05, 0.1) is 4.92 Å². The van der Waals surface area contributed by atoms with Gasteiger partial charge in [-0.3, -0.25) is 14.9 Å². The van der Waals surface area contributed by atoms with Crippen molar-refractivity contribution < 1.29 is 9.72 Å². The van der Waals surface area contributed by atoms with Crippen LogP contribution in [0, 0.1) is 22.0 Å². The van der Waals surface area contributed by atoms with E-state index in [-0.39, 0.29) is 24.1 Å². The van der Waals surface area contributed by atoms with Crippen LogP contribution in [0.4, 0.5) is 5.69 Å². The average molecular weight is 263 g/mol. The van der Waals surface area contributed by atoms with Crippen LogP contribution < -0.4 is 10.6 Å². The minimum absolute atomic E-state index is 0.0424. The van der Waals surface area contributed by atoms with Gasteiger partial charge in [-0.1, -0.05) is 25.1 Å². The molecule has 0 radical (unpaired) electrons. The molecule has 6 heteroatoms. The number of nitro groups is 1. The quantitative estimate of drug-likeness (QED) is 0.614. The summed E-state index contributed by atoms with van der Waals surface area (Å²) in [6.07, 6.45) is 0. The fourth-order valence-electron chi connectivity index (χ4n) is 2.06. The zero-order valence-corrected chi connectivity index (χ0v) is 10.8. The molecule has 1 fully saturated rings. The highest BCUT2D eigenvalue weighted by molar-refractivity contribution is 5.78. The average Bonchev–Trinajstić information content (AvgIpc) is 2.34. The fourth-order valence-corrected chi connectivity index (χ4v) is 2.06. The number of carbonyl (C=O) groups is 1. The molecule has 0 spiro atoms. The van der Waals surface area contributed by atoms with Crippen molar-refractivity contribution in [3.05, 3.63) is 39.9 Å². The van der Waals surface area contributed by atoms with Crippen LogP contribution in [-0.2, 0) is 11.3 Å². The monoisotopic (exact) mass is 263 g/mol. The molecule has 2 N–H and O–H groups in total. The van der Waals surface area contributed by atoms with Crippen molar-refractivity contribution in [1.29, 1.82) is 0 Å². The van der Waals surface area contributed by atoms with E-state index in [1.54, 1.807) is 18.2 Å². The van der Waals surface area contributed by atoms with E-state index in [1.165, 1.54) is 6.07 Å². The van der Waals surface area contributed by atoms with E-state index in [0.717, 1.165) is 13.1 Å². The zero-order valence-electron chi connectivity index (χ0n) is 10.8. The molecule has 1 saturated heterocycles. The summed E-state index contributed by atoms with van der Waals surface area (Å²) in [5, 5.41) is 16.7. The summed E-state index contributed by atoms with van der Waals surface area (Å²) in [5.41, 5.74) is 0.570. The summed E-state index contributed by atoms with van der Waals surface area (Å²) in [4.78, 5) is 22.3. The summed E-state index contributed by atoms with van der Waals surface area (Å²) >= 11 is 0. The molecule has 19 heavy (non-hydrogen) atoms. The third-order valence-corrected chi connectivity index (χ3v) is 3.58. The minimum Gasteiger partial charge on any atom is -0.352 e. The summed E-state index contributed by atoms with van der Waals surface area (Å²) < 4.78 is 0. The third kappa shape index (κ3) is 3.08. The van der Waals surface area contributed by atoms with Gasteiger partial charge in [-0.15, -0.1) is 0 Å². The Morgan fingerprint density at radius 1 is 1.53 bits per heavy atom. The molecular weight excluding hydrogens is 246 g/mol. The molecule has 6 nitrogen and oxygen atoms in total. The highest BCUT2D eigenvalue weighted by atomic mass is 16.6. The topological polar surface area (TPSA) is 84.3 Å². The van der Waals surface area contributed by atoms with Crippen molar-refractivity contribution in [2.24, 2.45) is 11.8 Å². The number of nitrogens with one attached hydrogen (secondary N) is 2. The molecule has 1 heterocycles. The fraction of sp³-hybridized carbons (Fsp3) is 0.462. The van der Waals surface area contributed by atoms with Crippen LogP contribution in [0.2, 0.25) is 0 Å². The van der Waals surface area contributed by atoms with E-state index < -0.39 is 4.92 Å². The smallest absolute Gasteiger partial charge is 0.274 e. The van der Waals surface area contributed by atoms with Crippen LogP contribution in [-0.4, -0.2) is 23.9 Å². The Balaban J connectivity index is 1.94. The maximum Gasteiger partial charge on any atom is 0.274 e. The van der Waals surface area contributed by atoms with Crippen molar-refractivity contribution in [2.45, 2.75) is 13.5 Å². The Labute approximate surface area is 111 Å². The molecule has 0 aromatic heterocycles. The molecule has 2 rings (SSSR count). The number of rotatable bonds is 5. The molecule has 0 saturated carbocycles. The van der Waals surface area contributed by atoms with Crippen LogP contribution in [0.1, 0.15) is 12.5 Å². The number of nitrogens with zero attached hydrogens (tertiary/aromatic N) is 1. The standard InChI is InChI=1S/C13H17N3O3/c1-9(11-6-14-7-11)13(17)15-8-10-4-2-3-5-12(10)16(18)19/h2-5,9,11,14H,6-8H2,1H3,(H,15,17). The highest BCUT2D eigenvalue weighted by Gasteiger charge is 2.28. The summed E-state index contributed by atoms with van der Waals surface area (Å²) in [6, 6.07) is 6.45. The summed E-state index contributed by atoms with van der Waals surface area (Å²) in [5.74, 6) is 0.249. The third-order valence-electron chi connectivity index (χ3n) is 3.58. The van der Waals surface area contributed by atoms with Crippen LogP contribution in [0.15, 0.2) is 24.3 Å². The summed E-state index contributed by atoms with van der Waals surface area (Å²) in [7, 11) is 0. The molecule has 1 aliphatic heterocycles. The molecule has 1 aliphatic rings. The molecule has 0 bridgehead atoms. The SMILES string of the molecule is CC(C(=O)NCc1ccccc1[N+](=O)[O-])C1CNC1. The predicted molar refractivity (Wildman–Crippen MR) is 70.5 cm³/mol. The van der Waals surface area contributed by atoms with Crippen LogP contribution in [0.3, 0.4) is 0 Å². The largest absolute Gasteiger partial charge is 0.352 e. The van der Waals surface area contributed by atoms with Gasteiger partial charge in [0.1, 0.15) is 0 Å². The van der Waals surface area contributed by atoms with Crippen LogP contribution in [0.25, 0.3) is 0 Å². The van der Waals surface area contributed by atoms with Crippen molar-refractivity contribution in [3.63, 3.8) is 0 Å². The molecule has 0 aliphatic carbocycles. The first-order chi connectivity index (χ1) is 9.09. The molecular formula is C13H17N3O3. The van der Waals surface area contributed by atoms with Crippen molar-refractivity contribution in [3.8, 4) is 0 Å². The normalized spacial score (nSPS) is 16.5. The Morgan fingerprint density at radius 3 is 2.79 bits per heavy atom. The lowest BCUT2D eigenvalue weighted by molar-refractivity contribution is -0.385. The van der Waals surface area contributed by atoms with Gasteiger partial charge >= 0.3 is 0 Å². The van der Waals surface area contributed by atoms with E-state index in [1.807, 2.05) is 6.92 Å². The second-order valence-electron chi connectivity index (χ2n) is 4.81. The maximum atomic E-state index is 11.9. The Bertz CT molecular complexity index is 486. The molecule has 1 amide bonds. The van der Waals surface area contributed by atoms with Gasteiger partial charge in [-0.2, -0.15) is 0 Å².